The van der Waals surface area contributed by atoms with Crippen molar-refractivity contribution in [2.24, 2.45) is 0 Å². The Balaban J connectivity index is 1.60. The lowest BCUT2D eigenvalue weighted by atomic mass is 9.96. The maximum absolute atomic E-state index is 13.7. The third kappa shape index (κ3) is 5.34. The van der Waals surface area contributed by atoms with Crippen molar-refractivity contribution in [1.82, 2.24) is 19.7 Å². The number of carbonyl (C=O) groups excluding carboxylic acids is 1. The fourth-order valence-electron chi connectivity index (χ4n) is 3.92. The molecule has 4 rings (SSSR count). The lowest BCUT2D eigenvalue weighted by Crippen LogP contribution is -2.46. The summed E-state index contributed by atoms with van der Waals surface area (Å²) in [5, 5.41) is 38.3. The number of rotatable bonds is 10. The lowest BCUT2D eigenvalue weighted by Gasteiger charge is -2.28. The van der Waals surface area contributed by atoms with Crippen LogP contribution in [0.1, 0.15) is 25.6 Å². The van der Waals surface area contributed by atoms with Crippen LogP contribution in [-0.2, 0) is 23.4 Å². The van der Waals surface area contributed by atoms with Crippen LogP contribution in [-0.4, -0.2) is 67.8 Å². The number of ether oxygens (including phenoxy) is 2. The number of aliphatic hydroxyl groups is 2. The van der Waals surface area contributed by atoms with Crippen molar-refractivity contribution < 1.29 is 38.1 Å². The van der Waals surface area contributed by atoms with E-state index in [9.17, 15) is 24.8 Å². The zero-order valence-corrected chi connectivity index (χ0v) is 21.4. The van der Waals surface area contributed by atoms with Gasteiger partial charge in [0.1, 0.15) is 54.6 Å². The average molecular weight is 546 g/mol. The SMILES string of the molecule is CCOC(=O)[C@H](C)NP(=O)(OC[C@@]1(C#N)O[C@@H](c2ccc3c(N)ncnn23)[C@H](O)[C@@H]1O)Oc1ccccc1. The molecule has 38 heavy (non-hydrogen) atoms. The van der Waals surface area contributed by atoms with Crippen LogP contribution in [0.15, 0.2) is 48.8 Å². The summed E-state index contributed by atoms with van der Waals surface area (Å²) in [5.41, 5.74) is 4.41. The highest BCUT2D eigenvalue weighted by Gasteiger charge is 2.57. The van der Waals surface area contributed by atoms with E-state index in [-0.39, 0.29) is 23.9 Å². The van der Waals surface area contributed by atoms with Crippen molar-refractivity contribution in [1.29, 1.82) is 5.26 Å². The highest BCUT2D eigenvalue weighted by molar-refractivity contribution is 7.52. The van der Waals surface area contributed by atoms with E-state index in [0.29, 0.717) is 5.52 Å². The standard InChI is InChI=1S/C23H27N6O8P/c1-3-34-22(32)14(2)28-38(33,37-15-7-5-4-6-8-15)35-12-23(11-24)20(31)18(30)19(36-23)16-9-10-17-21(25)26-13-27-29(16)17/h4-10,13-14,18-20,30-31H,3,12H2,1-2H3,(H,28,33)(H2,25,26,27)/t14-,18-,19-,20-,23+,38?/m0/s1. The molecule has 6 atom stereocenters. The van der Waals surface area contributed by atoms with E-state index in [4.69, 9.17) is 24.3 Å². The van der Waals surface area contributed by atoms with Gasteiger partial charge in [-0.15, -0.1) is 0 Å². The first kappa shape index (κ1) is 27.5. The first-order valence-corrected chi connectivity index (χ1v) is 13.1. The minimum absolute atomic E-state index is 0.0946. The number of hydrogen-bond donors (Lipinski definition) is 4. The number of aliphatic hydroxyl groups excluding tert-OH is 2. The fourth-order valence-corrected chi connectivity index (χ4v) is 5.44. The largest absolute Gasteiger partial charge is 0.465 e. The van der Waals surface area contributed by atoms with E-state index in [0.717, 1.165) is 0 Å². The molecule has 1 unspecified atom stereocenters. The van der Waals surface area contributed by atoms with Gasteiger partial charge in [0.2, 0.25) is 5.60 Å². The molecule has 0 spiro atoms. The van der Waals surface area contributed by atoms with Crippen LogP contribution >= 0.6 is 7.75 Å². The van der Waals surface area contributed by atoms with Crippen LogP contribution in [0.25, 0.3) is 5.52 Å². The quantitative estimate of drug-likeness (QED) is 0.208. The normalized spacial score (nSPS) is 25.4. The summed E-state index contributed by atoms with van der Waals surface area (Å²) >= 11 is 0. The van der Waals surface area contributed by atoms with Gasteiger partial charge in [-0.2, -0.15) is 15.4 Å². The van der Waals surface area contributed by atoms with E-state index in [1.54, 1.807) is 37.3 Å². The number of nitrogens with one attached hydrogen (secondary N) is 1. The van der Waals surface area contributed by atoms with Crippen molar-refractivity contribution in [3.05, 3.63) is 54.5 Å². The molecule has 0 amide bonds. The van der Waals surface area contributed by atoms with E-state index in [2.05, 4.69) is 15.2 Å². The van der Waals surface area contributed by atoms with Gasteiger partial charge in [0.15, 0.2) is 5.82 Å². The van der Waals surface area contributed by atoms with E-state index in [1.165, 1.54) is 29.9 Å². The molecule has 1 aliphatic rings. The Morgan fingerprint density at radius 2 is 2.08 bits per heavy atom. The number of para-hydroxylation sites is 1. The predicted octanol–water partition coefficient (Wildman–Crippen LogP) is 1.11. The molecule has 0 bridgehead atoms. The number of nitrogen functional groups attached to an aromatic ring is 1. The van der Waals surface area contributed by atoms with Gasteiger partial charge in [-0.05, 0) is 38.1 Å². The molecule has 202 valence electrons. The van der Waals surface area contributed by atoms with Gasteiger partial charge in [-0.25, -0.2) is 14.1 Å². The number of nitrogens with zero attached hydrogens (tertiary/aromatic N) is 4. The first-order valence-electron chi connectivity index (χ1n) is 11.6. The van der Waals surface area contributed by atoms with Crippen molar-refractivity contribution in [3.63, 3.8) is 0 Å². The molecule has 1 fully saturated rings. The van der Waals surface area contributed by atoms with E-state index in [1.807, 2.05) is 6.07 Å². The van der Waals surface area contributed by atoms with Gasteiger partial charge >= 0.3 is 13.7 Å². The highest BCUT2D eigenvalue weighted by atomic mass is 31.2. The molecular formula is C23H27N6O8P. The Bertz CT molecular complexity index is 1380. The number of benzene rings is 1. The maximum atomic E-state index is 13.7. The minimum atomic E-state index is -4.37. The van der Waals surface area contributed by atoms with Crippen LogP contribution < -0.4 is 15.3 Å². The molecule has 2 aromatic heterocycles. The summed E-state index contributed by atoms with van der Waals surface area (Å²) in [4.78, 5) is 16.1. The Kier molecular flexibility index (Phi) is 7.98. The summed E-state index contributed by atoms with van der Waals surface area (Å²) in [7, 11) is -4.37. The second kappa shape index (κ2) is 11.0. The Morgan fingerprint density at radius 3 is 2.76 bits per heavy atom. The topological polar surface area (TPSA) is 204 Å². The number of fused-ring (bicyclic) bond motifs is 1. The Hall–Kier alpha value is -3.57. The zero-order chi connectivity index (χ0) is 27.5. The number of nitriles is 1. The molecule has 0 radical (unpaired) electrons. The van der Waals surface area contributed by atoms with Crippen LogP contribution in [0.3, 0.4) is 0 Å². The van der Waals surface area contributed by atoms with Gasteiger partial charge in [-0.3, -0.25) is 9.32 Å². The molecule has 5 N–H and O–H groups in total. The number of nitrogens with two attached hydrogens (primary N) is 1. The first-order chi connectivity index (χ1) is 18.1. The number of carbonyl (C=O) groups is 1. The molecule has 15 heteroatoms. The van der Waals surface area contributed by atoms with E-state index >= 15 is 0 Å². The van der Waals surface area contributed by atoms with Gasteiger partial charge in [-0.1, -0.05) is 18.2 Å². The number of anilines is 1. The van der Waals surface area contributed by atoms with Gasteiger partial charge in [0, 0.05) is 0 Å². The lowest BCUT2D eigenvalue weighted by molar-refractivity contribution is -0.144. The summed E-state index contributed by atoms with van der Waals surface area (Å²) < 4.78 is 37.0. The molecule has 1 aromatic carbocycles. The number of hydrogen-bond acceptors (Lipinski definition) is 12. The molecule has 0 saturated carbocycles. The molecule has 1 saturated heterocycles. The van der Waals surface area contributed by atoms with E-state index < -0.39 is 50.3 Å². The third-order valence-corrected chi connectivity index (χ3v) is 7.47. The summed E-state index contributed by atoms with van der Waals surface area (Å²) in [6, 6.07) is 11.9. The number of esters is 1. The van der Waals surface area contributed by atoms with Crippen LogP contribution in [0, 0.1) is 11.3 Å². The number of aromatic nitrogens is 3. The molecular weight excluding hydrogens is 519 g/mol. The Labute approximate surface area is 217 Å². The van der Waals surface area contributed by atoms with Crippen LogP contribution in [0.2, 0.25) is 0 Å². The van der Waals surface area contributed by atoms with Crippen molar-refractivity contribution in [2.75, 3.05) is 18.9 Å². The van der Waals surface area contributed by atoms with Gasteiger partial charge in [0.05, 0.1) is 12.3 Å². The monoisotopic (exact) mass is 546 g/mol. The molecule has 1 aliphatic heterocycles. The second-order valence-corrected chi connectivity index (χ2v) is 10.1. The molecule has 14 nitrogen and oxygen atoms in total. The second-order valence-electron chi connectivity index (χ2n) is 8.45. The molecule has 0 aliphatic carbocycles. The van der Waals surface area contributed by atoms with Crippen molar-refractivity contribution >= 4 is 25.1 Å². The summed E-state index contributed by atoms with van der Waals surface area (Å²) in [5.74, 6) is -0.389. The zero-order valence-electron chi connectivity index (χ0n) is 20.5. The summed E-state index contributed by atoms with van der Waals surface area (Å²) in [6.07, 6.45) is -3.40. The van der Waals surface area contributed by atoms with Crippen LogP contribution in [0.4, 0.5) is 5.82 Å². The average Bonchev–Trinajstić information content (AvgIpc) is 3.44. The fraction of sp³-hybridized carbons (Fsp3) is 0.391. The maximum Gasteiger partial charge on any atom is 0.459 e. The van der Waals surface area contributed by atoms with Gasteiger partial charge < -0.3 is 29.9 Å². The van der Waals surface area contributed by atoms with Crippen molar-refractivity contribution in [3.8, 4) is 11.8 Å². The molecule has 3 heterocycles. The van der Waals surface area contributed by atoms with Crippen LogP contribution in [0.5, 0.6) is 5.75 Å². The third-order valence-electron chi connectivity index (χ3n) is 5.85. The van der Waals surface area contributed by atoms with Crippen molar-refractivity contribution in [2.45, 2.75) is 43.8 Å². The predicted molar refractivity (Wildman–Crippen MR) is 131 cm³/mol. The smallest absolute Gasteiger partial charge is 0.459 e. The van der Waals surface area contributed by atoms with Gasteiger partial charge in [0.25, 0.3) is 0 Å². The Morgan fingerprint density at radius 1 is 1.34 bits per heavy atom. The highest BCUT2D eigenvalue weighted by Crippen LogP contribution is 2.48. The molecule has 3 aromatic rings. The summed E-state index contributed by atoms with van der Waals surface area (Å²) in [6.45, 7) is 2.31. The minimum Gasteiger partial charge on any atom is -0.465 e.